The first-order valence-corrected chi connectivity index (χ1v) is 10.6. The van der Waals surface area contributed by atoms with Crippen LogP contribution >= 0.6 is 0 Å². The second kappa shape index (κ2) is 7.80. The van der Waals surface area contributed by atoms with Crippen molar-refractivity contribution in [1.29, 1.82) is 0 Å². The summed E-state index contributed by atoms with van der Waals surface area (Å²) in [6, 6.07) is 19.9. The van der Waals surface area contributed by atoms with Gasteiger partial charge in [-0.3, -0.25) is 9.59 Å². The van der Waals surface area contributed by atoms with Crippen LogP contribution in [0, 0.1) is 6.92 Å². The van der Waals surface area contributed by atoms with Crippen molar-refractivity contribution in [2.45, 2.75) is 25.5 Å². The molecule has 1 atom stereocenters. The minimum atomic E-state index is -1.92. The Labute approximate surface area is 186 Å². The number of para-hydroxylation sites is 1. The number of benzene rings is 3. The molecule has 0 aliphatic carbocycles. The second-order valence-corrected chi connectivity index (χ2v) is 8.21. The van der Waals surface area contributed by atoms with E-state index in [1.54, 1.807) is 41.3 Å². The summed E-state index contributed by atoms with van der Waals surface area (Å²) >= 11 is 0. The minimum Gasteiger partial charge on any atom is -0.486 e. The summed E-state index contributed by atoms with van der Waals surface area (Å²) < 4.78 is 11.1. The molecule has 2 heterocycles. The summed E-state index contributed by atoms with van der Waals surface area (Å²) in [5.74, 6) is 0.237. The molecule has 0 radical (unpaired) electrons. The lowest BCUT2D eigenvalue weighted by atomic mass is 9.88. The third-order valence-corrected chi connectivity index (χ3v) is 5.98. The van der Waals surface area contributed by atoms with Crippen LogP contribution < -0.4 is 14.4 Å². The highest BCUT2D eigenvalue weighted by atomic mass is 16.6. The van der Waals surface area contributed by atoms with E-state index in [4.69, 9.17) is 9.47 Å². The van der Waals surface area contributed by atoms with Gasteiger partial charge in [0.1, 0.15) is 13.2 Å². The zero-order valence-electron chi connectivity index (χ0n) is 17.7. The highest BCUT2D eigenvalue weighted by Gasteiger charge is 2.50. The van der Waals surface area contributed by atoms with E-state index in [9.17, 15) is 14.7 Å². The van der Waals surface area contributed by atoms with E-state index in [1.165, 1.54) is 0 Å². The fraction of sp³-hybridized carbons (Fsp3) is 0.231. The Morgan fingerprint density at radius 2 is 1.72 bits per heavy atom. The van der Waals surface area contributed by atoms with E-state index >= 15 is 0 Å². The number of aliphatic hydroxyl groups is 1. The molecule has 5 rings (SSSR count). The van der Waals surface area contributed by atoms with Gasteiger partial charge in [0.25, 0.3) is 5.91 Å². The van der Waals surface area contributed by atoms with Gasteiger partial charge in [0.15, 0.2) is 22.9 Å². The maximum Gasteiger partial charge on any atom is 0.264 e. The number of anilines is 1. The molecule has 3 aromatic carbocycles. The van der Waals surface area contributed by atoms with Gasteiger partial charge in [0.05, 0.1) is 18.7 Å². The van der Waals surface area contributed by atoms with Crippen molar-refractivity contribution < 1.29 is 24.2 Å². The average molecular weight is 429 g/mol. The van der Waals surface area contributed by atoms with Gasteiger partial charge in [-0.05, 0) is 36.8 Å². The van der Waals surface area contributed by atoms with Crippen LogP contribution in [0.2, 0.25) is 0 Å². The molecular formula is C26H23NO5. The number of Topliss-reactive ketones (excluding diaryl/α,β-unsaturated/α-hetero) is 1. The van der Waals surface area contributed by atoms with Crippen LogP contribution in [0.15, 0.2) is 66.7 Å². The number of ether oxygens (including phenoxy) is 2. The molecule has 1 N–H and O–H groups in total. The molecule has 1 unspecified atom stereocenters. The maximum atomic E-state index is 13.4. The number of carbonyl (C=O) groups excluding carboxylic acids is 2. The second-order valence-electron chi connectivity index (χ2n) is 8.21. The van der Waals surface area contributed by atoms with Gasteiger partial charge in [-0.15, -0.1) is 0 Å². The molecule has 0 aromatic heterocycles. The molecule has 0 spiro atoms. The molecule has 0 saturated heterocycles. The zero-order valence-corrected chi connectivity index (χ0v) is 17.7. The quantitative estimate of drug-likeness (QED) is 0.625. The largest absolute Gasteiger partial charge is 0.486 e. The Morgan fingerprint density at radius 1 is 1.00 bits per heavy atom. The van der Waals surface area contributed by atoms with Gasteiger partial charge in [-0.2, -0.15) is 0 Å². The molecule has 0 bridgehead atoms. The molecule has 32 heavy (non-hydrogen) atoms. The SMILES string of the molecule is Cc1ccc(CN2C(=O)C(O)(CC(=O)c3ccc4c(c3)OCCO4)c3ccccc32)cc1. The first-order chi connectivity index (χ1) is 15.5. The van der Waals surface area contributed by atoms with Crippen LogP contribution in [-0.4, -0.2) is 30.0 Å². The summed E-state index contributed by atoms with van der Waals surface area (Å²) in [4.78, 5) is 28.1. The lowest BCUT2D eigenvalue weighted by molar-refractivity contribution is -0.136. The number of amides is 1. The number of ketones is 1. The van der Waals surface area contributed by atoms with E-state index in [1.807, 2.05) is 37.3 Å². The van der Waals surface area contributed by atoms with Crippen molar-refractivity contribution >= 4 is 17.4 Å². The van der Waals surface area contributed by atoms with Crippen LogP contribution in [0.25, 0.3) is 0 Å². The Kier molecular flexibility index (Phi) is 4.94. The number of rotatable bonds is 5. The molecular weight excluding hydrogens is 406 g/mol. The normalized spacial score (nSPS) is 19.1. The van der Waals surface area contributed by atoms with Gasteiger partial charge < -0.3 is 19.5 Å². The Bertz CT molecular complexity index is 1200. The molecule has 2 aliphatic rings. The van der Waals surface area contributed by atoms with Gasteiger partial charge >= 0.3 is 0 Å². The van der Waals surface area contributed by atoms with E-state index < -0.39 is 11.5 Å². The number of nitrogens with zero attached hydrogens (tertiary/aromatic N) is 1. The predicted octanol–water partition coefficient (Wildman–Crippen LogP) is 3.77. The standard InChI is InChI=1S/C26H23NO5/c1-17-6-8-18(9-7-17)16-27-21-5-3-2-4-20(21)26(30,25(27)29)15-22(28)19-10-11-23-24(14-19)32-13-12-31-23/h2-11,14,30H,12-13,15-16H2,1H3. The van der Waals surface area contributed by atoms with Gasteiger partial charge in [-0.1, -0.05) is 48.0 Å². The first kappa shape index (κ1) is 20.3. The van der Waals surface area contributed by atoms with Crippen molar-refractivity contribution in [3.63, 3.8) is 0 Å². The van der Waals surface area contributed by atoms with E-state index in [0.717, 1.165) is 11.1 Å². The number of hydrogen-bond donors (Lipinski definition) is 1. The van der Waals surface area contributed by atoms with Crippen molar-refractivity contribution in [3.05, 3.63) is 89.0 Å². The molecule has 2 aliphatic heterocycles. The van der Waals surface area contributed by atoms with Gasteiger partial charge in [-0.25, -0.2) is 0 Å². The fourth-order valence-corrected chi connectivity index (χ4v) is 4.26. The van der Waals surface area contributed by atoms with E-state index in [0.29, 0.717) is 48.1 Å². The minimum absolute atomic E-state index is 0.316. The maximum absolute atomic E-state index is 13.4. The monoisotopic (exact) mass is 429 g/mol. The molecule has 3 aromatic rings. The number of carbonyl (C=O) groups is 2. The van der Waals surface area contributed by atoms with Crippen LogP contribution in [0.5, 0.6) is 11.5 Å². The highest BCUT2D eigenvalue weighted by Crippen LogP contribution is 2.44. The summed E-state index contributed by atoms with van der Waals surface area (Å²) in [6.07, 6.45) is -0.354. The molecule has 6 heteroatoms. The average Bonchev–Trinajstić information content (AvgIpc) is 3.02. The van der Waals surface area contributed by atoms with Crippen LogP contribution in [-0.2, 0) is 16.9 Å². The van der Waals surface area contributed by atoms with Crippen molar-refractivity contribution in [2.75, 3.05) is 18.1 Å². The summed E-state index contributed by atoms with van der Waals surface area (Å²) in [5, 5.41) is 11.5. The van der Waals surface area contributed by atoms with Crippen LogP contribution in [0.1, 0.15) is 33.5 Å². The molecule has 0 fully saturated rings. The number of aryl methyl sites for hydroxylation is 1. The zero-order chi connectivity index (χ0) is 22.3. The summed E-state index contributed by atoms with van der Waals surface area (Å²) in [5.41, 5.74) is 1.58. The van der Waals surface area contributed by atoms with E-state index in [-0.39, 0.29) is 12.2 Å². The number of hydrogen-bond acceptors (Lipinski definition) is 5. The summed E-state index contributed by atoms with van der Waals surface area (Å²) in [6.45, 7) is 3.19. The number of fused-ring (bicyclic) bond motifs is 2. The Balaban J connectivity index is 1.44. The molecule has 0 saturated carbocycles. The van der Waals surface area contributed by atoms with Crippen molar-refractivity contribution in [2.24, 2.45) is 0 Å². The Hall–Kier alpha value is -3.64. The lowest BCUT2D eigenvalue weighted by Gasteiger charge is -2.23. The van der Waals surface area contributed by atoms with E-state index in [2.05, 4.69) is 0 Å². The van der Waals surface area contributed by atoms with Crippen LogP contribution in [0.3, 0.4) is 0 Å². The van der Waals surface area contributed by atoms with Gasteiger partial charge in [0.2, 0.25) is 0 Å². The first-order valence-electron chi connectivity index (χ1n) is 10.6. The van der Waals surface area contributed by atoms with Crippen LogP contribution in [0.4, 0.5) is 5.69 Å². The molecule has 6 nitrogen and oxygen atoms in total. The Morgan fingerprint density at radius 3 is 2.50 bits per heavy atom. The molecule has 162 valence electrons. The topological polar surface area (TPSA) is 76.1 Å². The third kappa shape index (κ3) is 3.42. The third-order valence-electron chi connectivity index (χ3n) is 5.98. The van der Waals surface area contributed by atoms with Crippen molar-refractivity contribution in [3.8, 4) is 11.5 Å². The van der Waals surface area contributed by atoms with Crippen molar-refractivity contribution in [1.82, 2.24) is 0 Å². The summed E-state index contributed by atoms with van der Waals surface area (Å²) in [7, 11) is 0. The lowest BCUT2D eigenvalue weighted by Crippen LogP contribution is -2.41. The highest BCUT2D eigenvalue weighted by molar-refractivity contribution is 6.10. The smallest absolute Gasteiger partial charge is 0.264 e. The van der Waals surface area contributed by atoms with Gasteiger partial charge in [0, 0.05) is 11.1 Å². The predicted molar refractivity (Wildman–Crippen MR) is 119 cm³/mol. The molecule has 1 amide bonds. The fourth-order valence-electron chi connectivity index (χ4n) is 4.26.